The highest BCUT2D eigenvalue weighted by atomic mass is 16.5. The molecule has 1 aromatic carbocycles. The molecule has 0 N–H and O–H groups in total. The van der Waals surface area contributed by atoms with Crippen molar-refractivity contribution >= 4 is 0 Å². The fraction of sp³-hybridized carbons (Fsp3) is 0.571. The van der Waals surface area contributed by atoms with Crippen LogP contribution in [0.2, 0.25) is 0 Å². The van der Waals surface area contributed by atoms with Gasteiger partial charge in [-0.1, -0.05) is 25.0 Å². The molecule has 0 bridgehead atoms. The standard InChI is InChI=1S/C14H21NO/c1-16-14-8-6-13(7-9-14)12-15-10-4-2-3-5-11-15/h6-9H,2-5,10-12H2,1H3. The molecule has 0 saturated carbocycles. The van der Waals surface area contributed by atoms with Gasteiger partial charge in [0.25, 0.3) is 0 Å². The van der Waals surface area contributed by atoms with E-state index in [2.05, 4.69) is 17.0 Å². The van der Waals surface area contributed by atoms with Gasteiger partial charge in [0.2, 0.25) is 0 Å². The predicted molar refractivity (Wildman–Crippen MR) is 66.7 cm³/mol. The van der Waals surface area contributed by atoms with Gasteiger partial charge in [-0.3, -0.25) is 4.90 Å². The van der Waals surface area contributed by atoms with Crippen molar-refractivity contribution < 1.29 is 4.74 Å². The van der Waals surface area contributed by atoms with Crippen molar-refractivity contribution in [3.05, 3.63) is 29.8 Å². The van der Waals surface area contributed by atoms with Crippen LogP contribution < -0.4 is 4.74 Å². The van der Waals surface area contributed by atoms with Gasteiger partial charge >= 0.3 is 0 Å². The van der Waals surface area contributed by atoms with Crippen molar-refractivity contribution in [1.29, 1.82) is 0 Å². The van der Waals surface area contributed by atoms with Gasteiger partial charge in [0.1, 0.15) is 5.75 Å². The van der Waals surface area contributed by atoms with E-state index in [9.17, 15) is 0 Å². The molecule has 0 aliphatic carbocycles. The van der Waals surface area contributed by atoms with E-state index in [1.54, 1.807) is 7.11 Å². The summed E-state index contributed by atoms with van der Waals surface area (Å²) in [6.07, 6.45) is 5.52. The van der Waals surface area contributed by atoms with Crippen LogP contribution in [-0.2, 0) is 6.54 Å². The lowest BCUT2D eigenvalue weighted by Gasteiger charge is -2.19. The Morgan fingerprint density at radius 3 is 2.19 bits per heavy atom. The molecule has 88 valence electrons. The fourth-order valence-corrected chi connectivity index (χ4v) is 2.28. The van der Waals surface area contributed by atoms with Crippen LogP contribution in [0.3, 0.4) is 0 Å². The second-order valence-corrected chi connectivity index (χ2v) is 4.54. The number of ether oxygens (including phenoxy) is 1. The predicted octanol–water partition coefficient (Wildman–Crippen LogP) is 3.07. The monoisotopic (exact) mass is 219 g/mol. The summed E-state index contributed by atoms with van der Waals surface area (Å²) < 4.78 is 5.17. The first kappa shape index (κ1) is 11.5. The average molecular weight is 219 g/mol. The molecule has 0 aromatic heterocycles. The molecule has 0 unspecified atom stereocenters. The average Bonchev–Trinajstić information content (AvgIpc) is 2.59. The third kappa shape index (κ3) is 3.24. The molecule has 1 fully saturated rings. The quantitative estimate of drug-likeness (QED) is 0.774. The lowest BCUT2D eigenvalue weighted by atomic mass is 10.2. The molecule has 1 aliphatic rings. The summed E-state index contributed by atoms with van der Waals surface area (Å²) >= 11 is 0. The molecule has 1 saturated heterocycles. The van der Waals surface area contributed by atoms with E-state index in [0.717, 1.165) is 12.3 Å². The molecule has 0 spiro atoms. The van der Waals surface area contributed by atoms with Crippen LogP contribution in [0, 0.1) is 0 Å². The van der Waals surface area contributed by atoms with E-state index in [0.29, 0.717) is 0 Å². The second kappa shape index (κ2) is 5.90. The largest absolute Gasteiger partial charge is 0.497 e. The zero-order valence-electron chi connectivity index (χ0n) is 10.1. The second-order valence-electron chi connectivity index (χ2n) is 4.54. The number of rotatable bonds is 3. The highest BCUT2D eigenvalue weighted by Crippen LogP contribution is 2.15. The molecule has 0 radical (unpaired) electrons. The molecule has 0 amide bonds. The van der Waals surface area contributed by atoms with Crippen LogP contribution in [-0.4, -0.2) is 25.1 Å². The van der Waals surface area contributed by atoms with Gasteiger partial charge in [-0.05, 0) is 43.6 Å². The Morgan fingerprint density at radius 2 is 1.62 bits per heavy atom. The van der Waals surface area contributed by atoms with Gasteiger partial charge in [0, 0.05) is 6.54 Å². The first-order valence-electron chi connectivity index (χ1n) is 6.24. The maximum Gasteiger partial charge on any atom is 0.118 e. The number of nitrogens with zero attached hydrogens (tertiary/aromatic N) is 1. The third-order valence-electron chi connectivity index (χ3n) is 3.26. The summed E-state index contributed by atoms with van der Waals surface area (Å²) in [5.74, 6) is 0.944. The Morgan fingerprint density at radius 1 is 1.00 bits per heavy atom. The van der Waals surface area contributed by atoms with Gasteiger partial charge < -0.3 is 4.74 Å². The zero-order valence-corrected chi connectivity index (χ0v) is 10.1. The van der Waals surface area contributed by atoms with E-state index in [1.165, 1.54) is 44.3 Å². The lowest BCUT2D eigenvalue weighted by molar-refractivity contribution is 0.277. The molecule has 1 aromatic rings. The first-order valence-corrected chi connectivity index (χ1v) is 6.24. The minimum absolute atomic E-state index is 0.944. The summed E-state index contributed by atoms with van der Waals surface area (Å²) in [5, 5.41) is 0. The fourth-order valence-electron chi connectivity index (χ4n) is 2.28. The summed E-state index contributed by atoms with van der Waals surface area (Å²) in [5.41, 5.74) is 1.39. The number of methoxy groups -OCH3 is 1. The maximum atomic E-state index is 5.17. The highest BCUT2D eigenvalue weighted by Gasteiger charge is 2.09. The number of hydrogen-bond donors (Lipinski definition) is 0. The third-order valence-corrected chi connectivity index (χ3v) is 3.26. The summed E-state index contributed by atoms with van der Waals surface area (Å²) in [7, 11) is 1.71. The first-order chi connectivity index (χ1) is 7.88. The van der Waals surface area contributed by atoms with Gasteiger partial charge in [-0.15, -0.1) is 0 Å². The lowest BCUT2D eigenvalue weighted by Crippen LogP contribution is -2.23. The molecule has 1 aliphatic heterocycles. The van der Waals surface area contributed by atoms with Crippen LogP contribution >= 0.6 is 0 Å². The van der Waals surface area contributed by atoms with Crippen molar-refractivity contribution in [2.45, 2.75) is 32.2 Å². The zero-order chi connectivity index (χ0) is 11.2. The minimum atomic E-state index is 0.944. The minimum Gasteiger partial charge on any atom is -0.497 e. The number of likely N-dealkylation sites (tertiary alicyclic amines) is 1. The molecule has 2 rings (SSSR count). The van der Waals surface area contributed by atoms with Crippen LogP contribution in [0.5, 0.6) is 5.75 Å². The molecule has 16 heavy (non-hydrogen) atoms. The maximum absolute atomic E-state index is 5.17. The number of benzene rings is 1. The summed E-state index contributed by atoms with van der Waals surface area (Å²) in [6.45, 7) is 3.60. The van der Waals surface area contributed by atoms with E-state index in [4.69, 9.17) is 4.74 Å². The molecule has 1 heterocycles. The summed E-state index contributed by atoms with van der Waals surface area (Å²) in [6, 6.07) is 8.44. The topological polar surface area (TPSA) is 12.5 Å². The molecular formula is C14H21NO. The van der Waals surface area contributed by atoms with Gasteiger partial charge in [-0.2, -0.15) is 0 Å². The Kier molecular flexibility index (Phi) is 4.23. The van der Waals surface area contributed by atoms with Crippen molar-refractivity contribution in [3.63, 3.8) is 0 Å². The van der Waals surface area contributed by atoms with Crippen molar-refractivity contribution in [2.24, 2.45) is 0 Å². The Bertz CT molecular complexity index is 299. The summed E-state index contributed by atoms with van der Waals surface area (Å²) in [4.78, 5) is 2.56. The smallest absolute Gasteiger partial charge is 0.118 e. The molecule has 0 atom stereocenters. The number of hydrogen-bond acceptors (Lipinski definition) is 2. The highest BCUT2D eigenvalue weighted by molar-refractivity contribution is 5.27. The van der Waals surface area contributed by atoms with Gasteiger partial charge in [-0.25, -0.2) is 0 Å². The van der Waals surface area contributed by atoms with Crippen molar-refractivity contribution in [1.82, 2.24) is 4.90 Å². The van der Waals surface area contributed by atoms with Crippen LogP contribution in [0.4, 0.5) is 0 Å². The van der Waals surface area contributed by atoms with Crippen LogP contribution in [0.15, 0.2) is 24.3 Å². The normalized spacial score (nSPS) is 18.1. The van der Waals surface area contributed by atoms with E-state index in [1.807, 2.05) is 12.1 Å². The Balaban J connectivity index is 1.91. The molecule has 2 heteroatoms. The van der Waals surface area contributed by atoms with Gasteiger partial charge in [0.05, 0.1) is 7.11 Å². The Labute approximate surface area is 98.2 Å². The SMILES string of the molecule is COc1ccc(CN2CCCCCC2)cc1. The van der Waals surface area contributed by atoms with Crippen LogP contribution in [0.1, 0.15) is 31.2 Å². The van der Waals surface area contributed by atoms with Crippen molar-refractivity contribution in [3.8, 4) is 5.75 Å². The van der Waals surface area contributed by atoms with Crippen LogP contribution in [0.25, 0.3) is 0 Å². The van der Waals surface area contributed by atoms with E-state index < -0.39 is 0 Å². The molecular weight excluding hydrogens is 198 g/mol. The van der Waals surface area contributed by atoms with Gasteiger partial charge in [0.15, 0.2) is 0 Å². The van der Waals surface area contributed by atoms with E-state index in [-0.39, 0.29) is 0 Å². The Hall–Kier alpha value is -1.02. The van der Waals surface area contributed by atoms with E-state index >= 15 is 0 Å². The molecule has 2 nitrogen and oxygen atoms in total. The van der Waals surface area contributed by atoms with Crippen molar-refractivity contribution in [2.75, 3.05) is 20.2 Å².